The maximum Gasteiger partial charge on any atom is 0.161 e. The van der Waals surface area contributed by atoms with Gasteiger partial charge in [0.15, 0.2) is 5.82 Å². The number of rotatable bonds is 3. The number of halogens is 1. The van der Waals surface area contributed by atoms with E-state index in [2.05, 4.69) is 23.8 Å². The average molecular weight is 278 g/mol. The van der Waals surface area contributed by atoms with Crippen LogP contribution in [0, 0.1) is 0 Å². The molecule has 0 aliphatic rings. The van der Waals surface area contributed by atoms with Crippen molar-refractivity contribution >= 4 is 17.4 Å². The van der Waals surface area contributed by atoms with E-state index in [9.17, 15) is 0 Å². The molecule has 0 amide bonds. The van der Waals surface area contributed by atoms with Crippen molar-refractivity contribution in [2.75, 3.05) is 12.8 Å². The summed E-state index contributed by atoms with van der Waals surface area (Å²) in [6, 6.07) is 7.22. The minimum atomic E-state index is 0.290. The number of aromatic nitrogens is 2. The van der Waals surface area contributed by atoms with E-state index in [1.807, 2.05) is 6.07 Å². The molecule has 1 aromatic carbocycles. The van der Waals surface area contributed by atoms with Crippen molar-refractivity contribution in [1.82, 2.24) is 9.97 Å². The van der Waals surface area contributed by atoms with Gasteiger partial charge in [-0.2, -0.15) is 0 Å². The van der Waals surface area contributed by atoms with Gasteiger partial charge in [0.1, 0.15) is 11.6 Å². The molecule has 0 saturated heterocycles. The van der Waals surface area contributed by atoms with Crippen LogP contribution in [-0.4, -0.2) is 17.1 Å². The standard InChI is InChI=1S/C14H16ClN3O/c1-8(2)11-7-13(16)18-14(17-11)9-4-5-12(19-3)10(15)6-9/h4-8H,1-3H3,(H2,16,17,18). The van der Waals surface area contributed by atoms with E-state index in [0.29, 0.717) is 22.4 Å². The third kappa shape index (κ3) is 2.96. The third-order valence-electron chi connectivity index (χ3n) is 2.77. The third-order valence-corrected chi connectivity index (χ3v) is 3.06. The SMILES string of the molecule is COc1ccc(-c2nc(N)cc(C(C)C)n2)cc1Cl. The summed E-state index contributed by atoms with van der Waals surface area (Å²) in [6.45, 7) is 4.12. The van der Waals surface area contributed by atoms with E-state index in [1.165, 1.54) is 0 Å². The molecule has 2 aromatic rings. The first-order valence-electron chi connectivity index (χ1n) is 5.99. The summed E-state index contributed by atoms with van der Waals surface area (Å²) < 4.78 is 5.12. The normalized spacial score (nSPS) is 10.8. The Morgan fingerprint density at radius 1 is 1.21 bits per heavy atom. The summed E-state index contributed by atoms with van der Waals surface area (Å²) in [5, 5.41) is 0.525. The zero-order chi connectivity index (χ0) is 14.0. The van der Waals surface area contributed by atoms with Gasteiger partial charge < -0.3 is 10.5 Å². The lowest BCUT2D eigenvalue weighted by molar-refractivity contribution is 0.415. The number of nitrogens with two attached hydrogens (primary N) is 1. The molecule has 0 bridgehead atoms. The van der Waals surface area contributed by atoms with E-state index < -0.39 is 0 Å². The molecular weight excluding hydrogens is 262 g/mol. The maximum atomic E-state index is 6.11. The number of hydrogen-bond acceptors (Lipinski definition) is 4. The molecule has 0 fully saturated rings. The molecule has 2 rings (SSSR count). The van der Waals surface area contributed by atoms with E-state index in [1.54, 1.807) is 25.3 Å². The lowest BCUT2D eigenvalue weighted by atomic mass is 10.1. The van der Waals surface area contributed by atoms with Crippen molar-refractivity contribution in [3.8, 4) is 17.1 Å². The Kier molecular flexibility index (Phi) is 3.90. The highest BCUT2D eigenvalue weighted by Crippen LogP contribution is 2.29. The Labute approximate surface area is 117 Å². The lowest BCUT2D eigenvalue weighted by Crippen LogP contribution is -2.01. The van der Waals surface area contributed by atoms with E-state index in [0.717, 1.165) is 11.3 Å². The molecule has 0 aliphatic carbocycles. The molecule has 0 spiro atoms. The molecule has 0 atom stereocenters. The second kappa shape index (κ2) is 5.45. The van der Waals surface area contributed by atoms with Crippen molar-refractivity contribution in [3.63, 3.8) is 0 Å². The fourth-order valence-corrected chi connectivity index (χ4v) is 1.97. The molecule has 0 aliphatic heterocycles. The molecule has 0 saturated carbocycles. The van der Waals surface area contributed by atoms with Crippen LogP contribution in [0.5, 0.6) is 5.75 Å². The topological polar surface area (TPSA) is 61.0 Å². The number of ether oxygens (including phenoxy) is 1. The van der Waals surface area contributed by atoms with Crippen LogP contribution < -0.4 is 10.5 Å². The van der Waals surface area contributed by atoms with Crippen LogP contribution in [0.2, 0.25) is 5.02 Å². The monoisotopic (exact) mass is 277 g/mol. The second-order valence-electron chi connectivity index (χ2n) is 4.55. The highest BCUT2D eigenvalue weighted by molar-refractivity contribution is 6.32. The predicted molar refractivity (Wildman–Crippen MR) is 77.5 cm³/mol. The zero-order valence-corrected chi connectivity index (χ0v) is 11.9. The number of anilines is 1. The van der Waals surface area contributed by atoms with Crippen LogP contribution in [0.4, 0.5) is 5.82 Å². The molecule has 1 aromatic heterocycles. The van der Waals surface area contributed by atoms with Gasteiger partial charge >= 0.3 is 0 Å². The molecular formula is C14H16ClN3O. The largest absolute Gasteiger partial charge is 0.495 e. The lowest BCUT2D eigenvalue weighted by Gasteiger charge is -2.09. The van der Waals surface area contributed by atoms with Crippen LogP contribution in [0.1, 0.15) is 25.5 Å². The molecule has 2 N–H and O–H groups in total. The molecule has 1 heterocycles. The van der Waals surface area contributed by atoms with E-state index >= 15 is 0 Å². The molecule has 0 unspecified atom stereocenters. The smallest absolute Gasteiger partial charge is 0.161 e. The zero-order valence-electron chi connectivity index (χ0n) is 11.1. The molecule has 19 heavy (non-hydrogen) atoms. The Hall–Kier alpha value is -1.81. The summed E-state index contributed by atoms with van der Waals surface area (Å²) in [5.74, 6) is 1.95. The number of nitrogen functional groups attached to an aromatic ring is 1. The van der Waals surface area contributed by atoms with Gasteiger partial charge in [0.25, 0.3) is 0 Å². The first-order valence-corrected chi connectivity index (χ1v) is 6.37. The minimum absolute atomic E-state index is 0.290. The second-order valence-corrected chi connectivity index (χ2v) is 4.95. The Balaban J connectivity index is 2.49. The van der Waals surface area contributed by atoms with Crippen molar-refractivity contribution in [2.45, 2.75) is 19.8 Å². The van der Waals surface area contributed by atoms with Gasteiger partial charge in [-0.05, 0) is 24.1 Å². The van der Waals surface area contributed by atoms with E-state index in [4.69, 9.17) is 22.1 Å². The molecule has 5 heteroatoms. The number of hydrogen-bond donors (Lipinski definition) is 1. The summed E-state index contributed by atoms with van der Waals surface area (Å²) in [5.41, 5.74) is 7.55. The fraction of sp³-hybridized carbons (Fsp3) is 0.286. The van der Waals surface area contributed by atoms with Crippen LogP contribution in [-0.2, 0) is 0 Å². The number of nitrogens with zero attached hydrogens (tertiary/aromatic N) is 2. The predicted octanol–water partition coefficient (Wildman–Crippen LogP) is 3.51. The quantitative estimate of drug-likeness (QED) is 0.932. The summed E-state index contributed by atoms with van der Waals surface area (Å²) in [4.78, 5) is 8.76. The van der Waals surface area contributed by atoms with Gasteiger partial charge in [0.2, 0.25) is 0 Å². The van der Waals surface area contributed by atoms with Crippen LogP contribution in [0.25, 0.3) is 11.4 Å². The number of methoxy groups -OCH3 is 1. The van der Waals surface area contributed by atoms with Gasteiger partial charge in [-0.1, -0.05) is 25.4 Å². The summed E-state index contributed by atoms with van der Waals surface area (Å²) >= 11 is 6.11. The van der Waals surface area contributed by atoms with Crippen molar-refractivity contribution in [1.29, 1.82) is 0 Å². The van der Waals surface area contributed by atoms with Gasteiger partial charge in [-0.25, -0.2) is 9.97 Å². The van der Waals surface area contributed by atoms with Crippen molar-refractivity contribution in [3.05, 3.63) is 35.0 Å². The Morgan fingerprint density at radius 2 is 1.95 bits per heavy atom. The van der Waals surface area contributed by atoms with E-state index in [-0.39, 0.29) is 5.92 Å². The van der Waals surface area contributed by atoms with Gasteiger partial charge in [-0.15, -0.1) is 0 Å². The first kappa shape index (κ1) is 13.6. The van der Waals surface area contributed by atoms with Crippen LogP contribution >= 0.6 is 11.6 Å². The Bertz CT molecular complexity index is 599. The molecule has 100 valence electrons. The van der Waals surface area contributed by atoms with Gasteiger partial charge in [0.05, 0.1) is 12.1 Å². The van der Waals surface area contributed by atoms with Gasteiger partial charge in [-0.3, -0.25) is 0 Å². The first-order chi connectivity index (χ1) is 9.01. The minimum Gasteiger partial charge on any atom is -0.495 e. The highest BCUT2D eigenvalue weighted by Gasteiger charge is 2.10. The fourth-order valence-electron chi connectivity index (χ4n) is 1.72. The molecule has 0 radical (unpaired) electrons. The highest BCUT2D eigenvalue weighted by atomic mass is 35.5. The number of benzene rings is 1. The summed E-state index contributed by atoms with van der Waals surface area (Å²) in [6.07, 6.45) is 0. The maximum absolute atomic E-state index is 6.11. The van der Waals surface area contributed by atoms with Crippen molar-refractivity contribution < 1.29 is 4.74 Å². The van der Waals surface area contributed by atoms with Crippen LogP contribution in [0.3, 0.4) is 0 Å². The van der Waals surface area contributed by atoms with Crippen molar-refractivity contribution in [2.24, 2.45) is 0 Å². The van der Waals surface area contributed by atoms with Crippen LogP contribution in [0.15, 0.2) is 24.3 Å². The van der Waals surface area contributed by atoms with Gasteiger partial charge in [0, 0.05) is 17.3 Å². The Morgan fingerprint density at radius 3 is 2.53 bits per heavy atom. The molecule has 4 nitrogen and oxygen atoms in total. The average Bonchev–Trinajstić information content (AvgIpc) is 2.37. The summed E-state index contributed by atoms with van der Waals surface area (Å²) in [7, 11) is 1.58.